The Labute approximate surface area is 266 Å². The van der Waals surface area contributed by atoms with Crippen LogP contribution >= 0.6 is 0 Å². The van der Waals surface area contributed by atoms with Crippen LogP contribution in [0.2, 0.25) is 0 Å². The van der Waals surface area contributed by atoms with Crippen molar-refractivity contribution < 1.29 is 28.7 Å². The molecule has 0 saturated heterocycles. The normalized spacial score (nSPS) is 13.3. The van der Waals surface area contributed by atoms with E-state index in [0.717, 1.165) is 18.4 Å². The number of nitrogens with two attached hydrogens (primary N) is 1. The van der Waals surface area contributed by atoms with Crippen molar-refractivity contribution in [1.29, 1.82) is 5.41 Å². The van der Waals surface area contributed by atoms with Crippen LogP contribution in [0.5, 0.6) is 0 Å². The zero-order valence-electron chi connectivity index (χ0n) is 25.3. The smallest absolute Gasteiger partial charge is 0.339 e. The van der Waals surface area contributed by atoms with Crippen LogP contribution in [0.15, 0.2) is 97.1 Å². The van der Waals surface area contributed by atoms with Gasteiger partial charge in [-0.25, -0.2) is 9.59 Å². The predicted octanol–water partition coefficient (Wildman–Crippen LogP) is 5.46. The Morgan fingerprint density at radius 2 is 1.41 bits per heavy atom. The summed E-state index contributed by atoms with van der Waals surface area (Å²) in [6, 6.07) is 27.1. The maximum absolute atomic E-state index is 13.7. The Kier molecular flexibility index (Phi) is 9.56. The van der Waals surface area contributed by atoms with Crippen molar-refractivity contribution in [3.8, 4) is 11.1 Å². The topological polar surface area (TPSA) is 161 Å². The minimum atomic E-state index is -1.13. The summed E-state index contributed by atoms with van der Waals surface area (Å²) in [4.78, 5) is 53.3. The molecule has 0 unspecified atom stereocenters. The number of carbonyl (C=O) groups is 4. The Bertz CT molecular complexity index is 1780. The summed E-state index contributed by atoms with van der Waals surface area (Å²) in [6.07, 6.45) is 2.45. The first-order valence-corrected chi connectivity index (χ1v) is 14.8. The summed E-state index contributed by atoms with van der Waals surface area (Å²) in [5, 5.41) is 13.3. The van der Waals surface area contributed by atoms with Crippen LogP contribution in [0.1, 0.15) is 67.9 Å². The van der Waals surface area contributed by atoms with Gasteiger partial charge in [0.2, 0.25) is 0 Å². The molecule has 1 saturated carbocycles. The molecule has 1 aliphatic carbocycles. The minimum absolute atomic E-state index is 0.000615. The Hall–Kier alpha value is -5.77. The van der Waals surface area contributed by atoms with Crippen LogP contribution in [0.25, 0.3) is 11.1 Å². The number of anilines is 1. The highest BCUT2D eigenvalue weighted by atomic mass is 16.5. The van der Waals surface area contributed by atoms with Crippen LogP contribution in [0.3, 0.4) is 0 Å². The Morgan fingerprint density at radius 3 is 2.09 bits per heavy atom. The summed E-state index contributed by atoms with van der Waals surface area (Å²) in [6.45, 7) is -0.000615. The van der Waals surface area contributed by atoms with E-state index in [2.05, 4.69) is 10.6 Å². The molecule has 1 fully saturated rings. The van der Waals surface area contributed by atoms with Crippen molar-refractivity contribution in [2.75, 3.05) is 12.4 Å². The van der Waals surface area contributed by atoms with Gasteiger partial charge in [0.25, 0.3) is 11.8 Å². The molecule has 0 heterocycles. The number of methoxy groups -OCH3 is 1. The summed E-state index contributed by atoms with van der Waals surface area (Å²) >= 11 is 0. The lowest BCUT2D eigenvalue weighted by Crippen LogP contribution is -2.53. The number of nitrogen functional groups attached to an aromatic ring is 1. The van der Waals surface area contributed by atoms with Gasteiger partial charge in [-0.1, -0.05) is 67.4 Å². The fraction of sp³-hybridized carbons (Fsp3) is 0.194. The molecule has 5 rings (SSSR count). The monoisotopic (exact) mass is 618 g/mol. The lowest BCUT2D eigenvalue weighted by atomic mass is 9.92. The van der Waals surface area contributed by atoms with E-state index in [0.29, 0.717) is 35.2 Å². The minimum Gasteiger partial charge on any atom is -0.467 e. The van der Waals surface area contributed by atoms with Gasteiger partial charge in [-0.15, -0.1) is 0 Å². The number of ether oxygens (including phenoxy) is 2. The van der Waals surface area contributed by atoms with Gasteiger partial charge in [0.15, 0.2) is 0 Å². The van der Waals surface area contributed by atoms with Gasteiger partial charge in [0.1, 0.15) is 18.0 Å². The molecule has 4 aromatic carbocycles. The molecule has 10 heteroatoms. The number of carbonyl (C=O) groups excluding carboxylic acids is 4. The third kappa shape index (κ3) is 6.96. The van der Waals surface area contributed by atoms with Crippen molar-refractivity contribution in [1.82, 2.24) is 5.32 Å². The Balaban J connectivity index is 1.50. The van der Waals surface area contributed by atoms with E-state index in [1.807, 2.05) is 30.3 Å². The number of nitrogens with one attached hydrogen (secondary N) is 3. The van der Waals surface area contributed by atoms with Gasteiger partial charge >= 0.3 is 11.9 Å². The number of esters is 2. The molecule has 0 aliphatic heterocycles. The highest BCUT2D eigenvalue weighted by Gasteiger charge is 2.43. The maximum Gasteiger partial charge on any atom is 0.339 e. The predicted molar refractivity (Wildman–Crippen MR) is 174 cm³/mol. The molecule has 0 aromatic heterocycles. The third-order valence-electron chi connectivity index (χ3n) is 8.02. The first-order chi connectivity index (χ1) is 22.2. The Morgan fingerprint density at radius 1 is 0.783 bits per heavy atom. The summed E-state index contributed by atoms with van der Waals surface area (Å²) in [7, 11) is 1.29. The van der Waals surface area contributed by atoms with Crippen molar-refractivity contribution >= 4 is 35.3 Å². The lowest BCUT2D eigenvalue weighted by Gasteiger charge is -2.27. The summed E-state index contributed by atoms with van der Waals surface area (Å²) < 4.78 is 10.7. The molecule has 2 amide bonds. The zero-order valence-corrected chi connectivity index (χ0v) is 25.3. The van der Waals surface area contributed by atoms with Crippen LogP contribution in [-0.4, -0.2) is 42.2 Å². The fourth-order valence-corrected chi connectivity index (χ4v) is 5.58. The molecule has 46 heavy (non-hydrogen) atoms. The number of benzene rings is 4. The van der Waals surface area contributed by atoms with E-state index in [-0.39, 0.29) is 29.1 Å². The van der Waals surface area contributed by atoms with Crippen LogP contribution in [-0.2, 0) is 20.9 Å². The highest BCUT2D eigenvalue weighted by molar-refractivity contribution is 6.11. The highest BCUT2D eigenvalue weighted by Crippen LogP contribution is 2.33. The van der Waals surface area contributed by atoms with E-state index in [9.17, 15) is 19.2 Å². The second kappa shape index (κ2) is 13.9. The van der Waals surface area contributed by atoms with Crippen LogP contribution in [0.4, 0.5) is 5.69 Å². The van der Waals surface area contributed by atoms with Crippen molar-refractivity contribution in [3.63, 3.8) is 0 Å². The molecule has 0 atom stereocenters. The number of amidine groups is 1. The molecule has 234 valence electrons. The fourth-order valence-electron chi connectivity index (χ4n) is 5.58. The van der Waals surface area contributed by atoms with E-state index in [1.165, 1.54) is 13.2 Å². The average Bonchev–Trinajstić information content (AvgIpc) is 3.56. The van der Waals surface area contributed by atoms with Gasteiger partial charge < -0.3 is 25.8 Å². The molecule has 4 aromatic rings. The van der Waals surface area contributed by atoms with Crippen molar-refractivity contribution in [3.05, 3.63) is 125 Å². The number of hydrogen-bond acceptors (Lipinski definition) is 7. The van der Waals surface area contributed by atoms with Gasteiger partial charge in [0.05, 0.1) is 12.7 Å². The van der Waals surface area contributed by atoms with E-state index in [1.54, 1.807) is 60.7 Å². The van der Waals surface area contributed by atoms with Crippen molar-refractivity contribution in [2.45, 2.75) is 37.8 Å². The molecule has 5 N–H and O–H groups in total. The lowest BCUT2D eigenvalue weighted by molar-refractivity contribution is -0.148. The number of hydrogen-bond donors (Lipinski definition) is 4. The van der Waals surface area contributed by atoms with Crippen LogP contribution < -0.4 is 16.4 Å². The molecule has 0 radical (unpaired) electrons. The number of rotatable bonds is 10. The number of amides is 2. The molecular weight excluding hydrogens is 584 g/mol. The molecule has 0 spiro atoms. The zero-order chi connectivity index (χ0) is 32.7. The molecular formula is C36H34N4O6. The van der Waals surface area contributed by atoms with Crippen LogP contribution in [0, 0.1) is 5.41 Å². The van der Waals surface area contributed by atoms with Gasteiger partial charge in [-0.2, -0.15) is 0 Å². The maximum atomic E-state index is 13.7. The van der Waals surface area contributed by atoms with Gasteiger partial charge in [-0.05, 0) is 72.0 Å². The van der Waals surface area contributed by atoms with E-state index < -0.39 is 29.3 Å². The largest absolute Gasteiger partial charge is 0.467 e. The van der Waals surface area contributed by atoms with E-state index in [4.69, 9.17) is 20.6 Å². The first-order valence-electron chi connectivity index (χ1n) is 14.8. The standard InChI is InChI=1S/C36H34N4O6/c1-45-35(44)36(19-7-8-20-36)40-32(41)25-15-18-28(30(21-25)34(43)46-22-23-9-3-2-4-10-23)27-11-5-6-12-29(27)33(42)39-26-16-13-24(14-17-26)31(37)38/h2-6,9-18,21H,7-8,19-20,22H2,1H3,(H3,37,38)(H,39,42)(H,40,41). The van der Waals surface area contributed by atoms with Gasteiger partial charge in [0, 0.05) is 22.4 Å². The quantitative estimate of drug-likeness (QED) is 0.104. The van der Waals surface area contributed by atoms with Gasteiger partial charge in [-0.3, -0.25) is 15.0 Å². The van der Waals surface area contributed by atoms with E-state index >= 15 is 0 Å². The average molecular weight is 619 g/mol. The SMILES string of the molecule is COC(=O)C1(NC(=O)c2ccc(-c3ccccc3C(=O)Nc3ccc(C(=N)N)cc3)c(C(=O)OCc3ccccc3)c2)CCCC1. The first kappa shape index (κ1) is 31.6. The summed E-state index contributed by atoms with van der Waals surface area (Å²) in [5.74, 6) is -2.25. The van der Waals surface area contributed by atoms with Crippen molar-refractivity contribution in [2.24, 2.45) is 5.73 Å². The molecule has 0 bridgehead atoms. The second-order valence-electron chi connectivity index (χ2n) is 11.0. The second-order valence-corrected chi connectivity index (χ2v) is 11.0. The molecule has 1 aliphatic rings. The molecule has 10 nitrogen and oxygen atoms in total. The summed E-state index contributed by atoms with van der Waals surface area (Å²) in [5.41, 5.74) is 7.54. The third-order valence-corrected chi connectivity index (χ3v) is 8.02.